The van der Waals surface area contributed by atoms with Crippen LogP contribution in [0.5, 0.6) is 0 Å². The molecule has 4 heteroatoms. The number of nitrogens with one attached hydrogen (secondary N) is 2. The molecule has 0 saturated heterocycles. The second-order valence-corrected chi connectivity index (χ2v) is 5.53. The van der Waals surface area contributed by atoms with E-state index < -0.39 is 0 Å². The molecule has 0 radical (unpaired) electrons. The summed E-state index contributed by atoms with van der Waals surface area (Å²) in [6.07, 6.45) is 2.27. The van der Waals surface area contributed by atoms with Crippen molar-refractivity contribution in [2.75, 3.05) is 11.9 Å². The number of carbonyl (C=O) groups is 2. The first-order chi connectivity index (χ1) is 10.0. The summed E-state index contributed by atoms with van der Waals surface area (Å²) in [6, 6.07) is 7.89. The number of hydrogen-bond donors (Lipinski definition) is 2. The molecule has 1 rings (SSSR count). The molecule has 21 heavy (non-hydrogen) atoms. The van der Waals surface area contributed by atoms with Gasteiger partial charge in [-0.15, -0.1) is 0 Å². The smallest absolute Gasteiger partial charge is 0.224 e. The van der Waals surface area contributed by atoms with Crippen LogP contribution in [0, 0.1) is 0 Å². The van der Waals surface area contributed by atoms with E-state index in [1.54, 1.807) is 0 Å². The molecule has 0 aliphatic carbocycles. The van der Waals surface area contributed by atoms with E-state index in [0.717, 1.165) is 12.1 Å². The molecular weight excluding hydrogens is 264 g/mol. The van der Waals surface area contributed by atoms with Gasteiger partial charge in [0.2, 0.25) is 11.8 Å². The van der Waals surface area contributed by atoms with Crippen LogP contribution in [0.15, 0.2) is 24.3 Å². The molecule has 0 fully saturated rings. The minimum Gasteiger partial charge on any atom is -0.356 e. The number of benzene rings is 1. The maximum Gasteiger partial charge on any atom is 0.224 e. The van der Waals surface area contributed by atoms with Crippen LogP contribution in [0.25, 0.3) is 0 Å². The highest BCUT2D eigenvalue weighted by atomic mass is 16.2. The Morgan fingerprint density at radius 2 is 1.67 bits per heavy atom. The summed E-state index contributed by atoms with van der Waals surface area (Å²) in [5, 5.41) is 5.66. The van der Waals surface area contributed by atoms with Crippen LogP contribution in [0.2, 0.25) is 0 Å². The predicted octanol–water partition coefficient (Wildman–Crippen LogP) is 3.45. The Hall–Kier alpha value is -1.84. The normalized spacial score (nSPS) is 10.5. The summed E-state index contributed by atoms with van der Waals surface area (Å²) in [7, 11) is 0. The zero-order valence-corrected chi connectivity index (χ0v) is 13.2. The van der Waals surface area contributed by atoms with Crippen molar-refractivity contribution < 1.29 is 9.59 Å². The van der Waals surface area contributed by atoms with Gasteiger partial charge in [-0.1, -0.05) is 32.9 Å². The van der Waals surface area contributed by atoms with Gasteiger partial charge in [0.1, 0.15) is 0 Å². The Labute approximate surface area is 127 Å². The number of carbonyl (C=O) groups excluding carboxylic acids is 2. The van der Waals surface area contributed by atoms with Crippen molar-refractivity contribution in [3.63, 3.8) is 0 Å². The van der Waals surface area contributed by atoms with E-state index >= 15 is 0 Å². The summed E-state index contributed by atoms with van der Waals surface area (Å²) in [5.41, 5.74) is 2.06. The molecule has 0 heterocycles. The first-order valence-corrected chi connectivity index (χ1v) is 7.69. The third-order valence-electron chi connectivity index (χ3n) is 3.24. The van der Waals surface area contributed by atoms with Crippen molar-refractivity contribution in [1.82, 2.24) is 5.32 Å². The standard InChI is InChI=1S/C17H26N2O2/c1-4-12-18-16(20)6-5-7-17(21)19-15-10-8-14(9-11-15)13(2)3/h8-11,13H,4-7,12H2,1-3H3,(H,18,20)(H,19,21). The van der Waals surface area contributed by atoms with Gasteiger partial charge in [0.25, 0.3) is 0 Å². The van der Waals surface area contributed by atoms with Gasteiger partial charge in [-0.3, -0.25) is 9.59 Å². The van der Waals surface area contributed by atoms with Crippen LogP contribution in [0.1, 0.15) is 57.9 Å². The van der Waals surface area contributed by atoms with Gasteiger partial charge in [0, 0.05) is 25.1 Å². The molecule has 0 atom stereocenters. The summed E-state index contributed by atoms with van der Waals surface area (Å²) >= 11 is 0. The third kappa shape index (κ3) is 6.93. The summed E-state index contributed by atoms with van der Waals surface area (Å²) in [4.78, 5) is 23.2. The quantitative estimate of drug-likeness (QED) is 0.770. The minimum atomic E-state index is -0.0458. The number of rotatable bonds is 8. The van der Waals surface area contributed by atoms with Gasteiger partial charge < -0.3 is 10.6 Å². The summed E-state index contributed by atoms with van der Waals surface area (Å²) in [5.74, 6) is 0.456. The fraction of sp³-hybridized carbons (Fsp3) is 0.529. The van der Waals surface area contributed by atoms with Crippen molar-refractivity contribution in [3.05, 3.63) is 29.8 Å². The monoisotopic (exact) mass is 290 g/mol. The Morgan fingerprint density at radius 1 is 1.05 bits per heavy atom. The highest BCUT2D eigenvalue weighted by molar-refractivity contribution is 5.91. The number of hydrogen-bond acceptors (Lipinski definition) is 2. The molecule has 0 aliphatic heterocycles. The lowest BCUT2D eigenvalue weighted by Crippen LogP contribution is -2.24. The molecule has 116 valence electrons. The number of anilines is 1. The summed E-state index contributed by atoms with van der Waals surface area (Å²) < 4.78 is 0. The lowest BCUT2D eigenvalue weighted by molar-refractivity contribution is -0.121. The first-order valence-electron chi connectivity index (χ1n) is 7.69. The van der Waals surface area contributed by atoms with Crippen LogP contribution in [0.3, 0.4) is 0 Å². The minimum absolute atomic E-state index is 0.0194. The molecule has 1 aromatic carbocycles. The Balaban J connectivity index is 2.28. The second-order valence-electron chi connectivity index (χ2n) is 5.53. The van der Waals surface area contributed by atoms with Crippen molar-refractivity contribution in [2.45, 2.75) is 52.4 Å². The SMILES string of the molecule is CCCNC(=O)CCCC(=O)Nc1ccc(C(C)C)cc1. The van der Waals surface area contributed by atoms with E-state index in [2.05, 4.69) is 24.5 Å². The van der Waals surface area contributed by atoms with Crippen LogP contribution in [-0.2, 0) is 9.59 Å². The fourth-order valence-electron chi connectivity index (χ4n) is 1.94. The summed E-state index contributed by atoms with van der Waals surface area (Å²) in [6.45, 7) is 6.99. The second kappa shape index (κ2) is 9.16. The lowest BCUT2D eigenvalue weighted by atomic mass is 10.0. The molecule has 0 aromatic heterocycles. The van der Waals surface area contributed by atoms with Gasteiger partial charge in [-0.25, -0.2) is 0 Å². The molecule has 2 amide bonds. The Morgan fingerprint density at radius 3 is 2.24 bits per heavy atom. The zero-order chi connectivity index (χ0) is 15.7. The average Bonchev–Trinajstić information content (AvgIpc) is 2.45. The van der Waals surface area contributed by atoms with E-state index in [0.29, 0.717) is 31.7 Å². The molecule has 2 N–H and O–H groups in total. The zero-order valence-electron chi connectivity index (χ0n) is 13.2. The lowest BCUT2D eigenvalue weighted by Gasteiger charge is -2.08. The average molecular weight is 290 g/mol. The first kappa shape index (κ1) is 17.2. The van der Waals surface area contributed by atoms with Gasteiger partial charge >= 0.3 is 0 Å². The van der Waals surface area contributed by atoms with E-state index in [4.69, 9.17) is 0 Å². The van der Waals surface area contributed by atoms with Crippen LogP contribution in [-0.4, -0.2) is 18.4 Å². The third-order valence-corrected chi connectivity index (χ3v) is 3.24. The predicted molar refractivity (Wildman–Crippen MR) is 86.3 cm³/mol. The van der Waals surface area contributed by atoms with Gasteiger partial charge in [-0.2, -0.15) is 0 Å². The molecule has 0 spiro atoms. The van der Waals surface area contributed by atoms with Gasteiger partial charge in [0.15, 0.2) is 0 Å². The Bertz CT molecular complexity index is 452. The van der Waals surface area contributed by atoms with E-state index in [9.17, 15) is 9.59 Å². The van der Waals surface area contributed by atoms with E-state index in [-0.39, 0.29) is 11.8 Å². The molecule has 1 aromatic rings. The van der Waals surface area contributed by atoms with Crippen molar-refractivity contribution >= 4 is 17.5 Å². The van der Waals surface area contributed by atoms with Gasteiger partial charge in [0.05, 0.1) is 0 Å². The molecular formula is C17H26N2O2. The van der Waals surface area contributed by atoms with Crippen molar-refractivity contribution in [2.24, 2.45) is 0 Å². The van der Waals surface area contributed by atoms with Gasteiger partial charge in [-0.05, 0) is 36.5 Å². The highest BCUT2D eigenvalue weighted by Gasteiger charge is 2.06. The fourth-order valence-corrected chi connectivity index (χ4v) is 1.94. The maximum absolute atomic E-state index is 11.8. The Kier molecular flexibility index (Phi) is 7.51. The number of amides is 2. The van der Waals surface area contributed by atoms with Crippen molar-refractivity contribution in [1.29, 1.82) is 0 Å². The van der Waals surface area contributed by atoms with E-state index in [1.165, 1.54) is 5.56 Å². The maximum atomic E-state index is 11.8. The van der Waals surface area contributed by atoms with E-state index in [1.807, 2.05) is 31.2 Å². The molecule has 0 bridgehead atoms. The topological polar surface area (TPSA) is 58.2 Å². The van der Waals surface area contributed by atoms with Crippen molar-refractivity contribution in [3.8, 4) is 0 Å². The largest absolute Gasteiger partial charge is 0.356 e. The molecule has 0 unspecified atom stereocenters. The molecule has 4 nitrogen and oxygen atoms in total. The highest BCUT2D eigenvalue weighted by Crippen LogP contribution is 2.17. The van der Waals surface area contributed by atoms with Crippen LogP contribution >= 0.6 is 0 Å². The molecule has 0 aliphatic rings. The van der Waals surface area contributed by atoms with Crippen LogP contribution < -0.4 is 10.6 Å². The molecule has 0 saturated carbocycles. The van der Waals surface area contributed by atoms with Crippen LogP contribution in [0.4, 0.5) is 5.69 Å².